The molecule has 0 amide bonds. The summed E-state index contributed by atoms with van der Waals surface area (Å²) >= 11 is 0. The number of rotatable bonds is 2. The van der Waals surface area contributed by atoms with Crippen molar-refractivity contribution in [1.29, 1.82) is 0 Å². The van der Waals surface area contributed by atoms with Gasteiger partial charge in [-0.3, -0.25) is 4.98 Å². The molecule has 0 fully saturated rings. The summed E-state index contributed by atoms with van der Waals surface area (Å²) in [7, 11) is 0. The molecule has 1 rings (SSSR count). The van der Waals surface area contributed by atoms with Gasteiger partial charge in [-0.05, 0) is 12.1 Å². The van der Waals surface area contributed by atoms with Crippen LogP contribution in [0.3, 0.4) is 0 Å². The molecule has 65 valence electrons. The van der Waals surface area contributed by atoms with E-state index >= 15 is 0 Å². The molecule has 1 aromatic rings. The molecule has 0 saturated carbocycles. The number of hydrogen-bond donors (Lipinski definition) is 0. The lowest BCUT2D eigenvalue weighted by atomic mass is 10.1. The van der Waals surface area contributed by atoms with Crippen LogP contribution in [0, 0.1) is 6.43 Å². The Morgan fingerprint density at radius 1 is 1.17 bits per heavy atom. The topological polar surface area (TPSA) is 12.9 Å². The second kappa shape index (κ2) is 3.08. The molecule has 0 aliphatic carbocycles. The van der Waals surface area contributed by atoms with Gasteiger partial charge in [0.1, 0.15) is 0 Å². The predicted octanol–water partition coefficient (Wildman–Crippen LogP) is 2.60. The molecule has 1 heterocycles. The zero-order valence-corrected chi connectivity index (χ0v) is 5.77. The van der Waals surface area contributed by atoms with Crippen LogP contribution in [0.4, 0.5) is 17.6 Å². The van der Waals surface area contributed by atoms with Gasteiger partial charge in [0.15, 0.2) is 0 Å². The van der Waals surface area contributed by atoms with Gasteiger partial charge < -0.3 is 0 Å². The first-order valence-corrected chi connectivity index (χ1v) is 3.02. The first-order chi connectivity index (χ1) is 5.55. The fourth-order valence-corrected chi connectivity index (χ4v) is 0.670. The molecule has 12 heavy (non-hydrogen) atoms. The van der Waals surface area contributed by atoms with Crippen LogP contribution in [0.1, 0.15) is 5.56 Å². The lowest BCUT2D eigenvalue weighted by Crippen LogP contribution is -2.17. The number of halogens is 4. The molecule has 0 unspecified atom stereocenters. The van der Waals surface area contributed by atoms with Crippen LogP contribution >= 0.6 is 0 Å². The molecule has 1 radical (unpaired) electrons. The summed E-state index contributed by atoms with van der Waals surface area (Å²) < 4.78 is 48.2. The van der Waals surface area contributed by atoms with Gasteiger partial charge in [0.2, 0.25) is 0 Å². The van der Waals surface area contributed by atoms with Crippen LogP contribution in [0.2, 0.25) is 0 Å². The second-order valence-electron chi connectivity index (χ2n) is 2.07. The maximum absolute atomic E-state index is 12.5. The Bertz CT molecular complexity index is 247. The first-order valence-electron chi connectivity index (χ1n) is 3.02. The lowest BCUT2D eigenvalue weighted by Gasteiger charge is -2.12. The highest BCUT2D eigenvalue weighted by molar-refractivity contribution is 5.19. The monoisotopic (exact) mass is 178 g/mol. The molecule has 0 atom stereocenters. The van der Waals surface area contributed by atoms with Gasteiger partial charge in [0.25, 0.3) is 0 Å². The molecule has 1 aromatic heterocycles. The molecule has 0 bridgehead atoms. The van der Waals surface area contributed by atoms with Crippen molar-refractivity contribution in [3.63, 3.8) is 0 Å². The summed E-state index contributed by atoms with van der Waals surface area (Å²) in [6.07, 6.45) is -0.841. The van der Waals surface area contributed by atoms with E-state index in [-0.39, 0.29) is 0 Å². The van der Waals surface area contributed by atoms with E-state index in [1.807, 2.05) is 0 Å². The molecular formula is C7H4F4N. The SMILES string of the molecule is F[C](F)C(F)(F)c1ccncc1. The van der Waals surface area contributed by atoms with Gasteiger partial charge in [-0.15, -0.1) is 0 Å². The normalized spacial score (nSPS) is 12.1. The van der Waals surface area contributed by atoms with Crippen LogP contribution < -0.4 is 0 Å². The zero-order valence-electron chi connectivity index (χ0n) is 5.77. The Morgan fingerprint density at radius 2 is 1.67 bits per heavy atom. The Hall–Kier alpha value is -1.13. The maximum atomic E-state index is 12.5. The fourth-order valence-electron chi connectivity index (χ4n) is 0.670. The van der Waals surface area contributed by atoms with Gasteiger partial charge in [-0.2, -0.15) is 17.6 Å². The van der Waals surface area contributed by atoms with Crippen LogP contribution in [-0.2, 0) is 5.92 Å². The minimum atomic E-state index is -4.16. The van der Waals surface area contributed by atoms with E-state index in [0.717, 1.165) is 24.5 Å². The number of alkyl halides is 2. The Morgan fingerprint density at radius 3 is 2.08 bits per heavy atom. The third-order valence-corrected chi connectivity index (χ3v) is 1.28. The average Bonchev–Trinajstić information content (AvgIpc) is 2.06. The summed E-state index contributed by atoms with van der Waals surface area (Å²) in [5.41, 5.74) is -0.752. The van der Waals surface area contributed by atoms with Gasteiger partial charge in [0.05, 0.1) is 0 Å². The predicted molar refractivity (Wildman–Crippen MR) is 33.6 cm³/mol. The second-order valence-corrected chi connectivity index (χ2v) is 2.07. The van der Waals surface area contributed by atoms with Crippen LogP contribution in [-0.4, -0.2) is 4.98 Å². The van der Waals surface area contributed by atoms with Crippen molar-refractivity contribution >= 4 is 0 Å². The van der Waals surface area contributed by atoms with Crippen LogP contribution in [0.15, 0.2) is 24.5 Å². The smallest absolute Gasteiger partial charge is 0.265 e. The van der Waals surface area contributed by atoms with Crippen molar-refractivity contribution in [2.24, 2.45) is 0 Å². The van der Waals surface area contributed by atoms with Crippen molar-refractivity contribution in [3.8, 4) is 0 Å². The van der Waals surface area contributed by atoms with E-state index in [1.54, 1.807) is 0 Å². The van der Waals surface area contributed by atoms with E-state index in [2.05, 4.69) is 4.98 Å². The van der Waals surface area contributed by atoms with E-state index in [4.69, 9.17) is 0 Å². The molecular weight excluding hydrogens is 174 g/mol. The van der Waals surface area contributed by atoms with Crippen LogP contribution in [0.5, 0.6) is 0 Å². The molecule has 1 nitrogen and oxygen atoms in total. The highest BCUT2D eigenvalue weighted by Gasteiger charge is 2.44. The van der Waals surface area contributed by atoms with E-state index < -0.39 is 17.9 Å². The molecule has 0 saturated heterocycles. The minimum Gasteiger partial charge on any atom is -0.265 e. The Labute approximate surface area is 66.0 Å². The maximum Gasteiger partial charge on any atom is 0.382 e. The average molecular weight is 178 g/mol. The third kappa shape index (κ3) is 1.54. The molecule has 0 aromatic carbocycles. The van der Waals surface area contributed by atoms with Crippen molar-refractivity contribution in [2.45, 2.75) is 5.92 Å². The van der Waals surface area contributed by atoms with Gasteiger partial charge in [-0.25, -0.2) is 0 Å². The molecule has 0 spiro atoms. The third-order valence-electron chi connectivity index (χ3n) is 1.28. The molecule has 0 aliphatic heterocycles. The Kier molecular flexibility index (Phi) is 2.30. The van der Waals surface area contributed by atoms with Gasteiger partial charge >= 0.3 is 12.3 Å². The number of hydrogen-bond acceptors (Lipinski definition) is 1. The standard InChI is InChI=1S/C7H4F4N/c8-6(9)7(10,11)5-1-3-12-4-2-5/h1-4H. The van der Waals surface area contributed by atoms with Crippen molar-refractivity contribution in [2.75, 3.05) is 0 Å². The summed E-state index contributed by atoms with van der Waals surface area (Å²) in [5, 5.41) is 0. The van der Waals surface area contributed by atoms with Gasteiger partial charge in [-0.1, -0.05) is 0 Å². The van der Waals surface area contributed by atoms with Crippen molar-refractivity contribution in [1.82, 2.24) is 4.98 Å². The highest BCUT2D eigenvalue weighted by Crippen LogP contribution is 2.38. The summed E-state index contributed by atoms with van der Waals surface area (Å²) in [6, 6.07) is 1.69. The zero-order chi connectivity index (χ0) is 9.19. The first kappa shape index (κ1) is 8.96. The quantitative estimate of drug-likeness (QED) is 0.634. The largest absolute Gasteiger partial charge is 0.382 e. The summed E-state index contributed by atoms with van der Waals surface area (Å²) in [4.78, 5) is 3.43. The van der Waals surface area contributed by atoms with Crippen molar-refractivity contribution in [3.05, 3.63) is 36.5 Å². The lowest BCUT2D eigenvalue weighted by molar-refractivity contribution is -0.0654. The highest BCUT2D eigenvalue weighted by atomic mass is 19.3. The summed E-state index contributed by atoms with van der Waals surface area (Å²) in [5.74, 6) is -4.16. The van der Waals surface area contributed by atoms with E-state index in [1.165, 1.54) is 0 Å². The fraction of sp³-hybridized carbons (Fsp3) is 0.143. The number of pyridine rings is 1. The summed E-state index contributed by atoms with van der Waals surface area (Å²) in [6.45, 7) is 0. The Balaban J connectivity index is 2.98. The molecule has 0 N–H and O–H groups in total. The molecule has 5 heteroatoms. The van der Waals surface area contributed by atoms with Crippen LogP contribution in [0.25, 0.3) is 0 Å². The number of nitrogens with zero attached hydrogens (tertiary/aromatic N) is 1. The number of aromatic nitrogens is 1. The van der Waals surface area contributed by atoms with Crippen molar-refractivity contribution < 1.29 is 17.6 Å². The molecule has 0 aliphatic rings. The van der Waals surface area contributed by atoms with E-state index in [9.17, 15) is 17.6 Å². The van der Waals surface area contributed by atoms with Gasteiger partial charge in [0, 0.05) is 18.0 Å². The minimum absolute atomic E-state index is 0.752. The van der Waals surface area contributed by atoms with E-state index in [0.29, 0.717) is 0 Å².